The molecule has 0 bridgehead atoms. The second kappa shape index (κ2) is 9.65. The summed E-state index contributed by atoms with van der Waals surface area (Å²) in [4.78, 5) is 35.8. The molecule has 0 radical (unpaired) electrons. The molecule has 1 aromatic carbocycles. The molecule has 2 amide bonds. The van der Waals surface area contributed by atoms with Crippen molar-refractivity contribution < 1.29 is 14.3 Å². The van der Waals surface area contributed by atoms with E-state index in [1.807, 2.05) is 72.8 Å². The van der Waals surface area contributed by atoms with Gasteiger partial charge in [0.05, 0.1) is 16.0 Å². The third kappa shape index (κ3) is 4.96. The fourth-order valence-corrected chi connectivity index (χ4v) is 5.70. The number of para-hydroxylation sites is 1. The Morgan fingerprint density at radius 1 is 1.03 bits per heavy atom. The largest absolute Gasteiger partial charge is 0.481 e. The van der Waals surface area contributed by atoms with Crippen LogP contribution >= 0.6 is 22.7 Å². The lowest BCUT2D eigenvalue weighted by Crippen LogP contribution is -2.56. The van der Waals surface area contributed by atoms with Gasteiger partial charge in [-0.25, -0.2) is 4.98 Å². The molecule has 1 aliphatic heterocycles. The molecule has 174 valence electrons. The zero-order chi connectivity index (χ0) is 23.6. The summed E-state index contributed by atoms with van der Waals surface area (Å²) in [5.41, 5.74) is 1.07. The standard InChI is InChI=1S/C25H29N3O3S2/c1-17-8-5-6-9-19(17)31-18(2)23(29)27-11-13-28(14-12-27)24(30)25(3,4)21-16-33-22(26-21)20-10-7-15-32-20/h5-10,15-16,18H,11-14H2,1-4H3. The predicted molar refractivity (Wildman–Crippen MR) is 133 cm³/mol. The first-order valence-electron chi connectivity index (χ1n) is 11.1. The highest BCUT2D eigenvalue weighted by molar-refractivity contribution is 7.20. The third-order valence-electron chi connectivity index (χ3n) is 6.03. The van der Waals surface area contributed by atoms with E-state index in [1.165, 1.54) is 0 Å². The minimum atomic E-state index is -0.723. The van der Waals surface area contributed by atoms with Crippen LogP contribution in [0.2, 0.25) is 0 Å². The fourth-order valence-electron chi connectivity index (χ4n) is 3.90. The number of carbonyl (C=O) groups excluding carboxylic acids is 2. The predicted octanol–water partition coefficient (Wildman–Crippen LogP) is 4.60. The maximum Gasteiger partial charge on any atom is 0.263 e. The second-order valence-corrected chi connectivity index (χ2v) is 10.6. The molecule has 0 aliphatic carbocycles. The van der Waals surface area contributed by atoms with E-state index in [9.17, 15) is 9.59 Å². The van der Waals surface area contributed by atoms with Gasteiger partial charge in [-0.3, -0.25) is 9.59 Å². The van der Waals surface area contributed by atoms with Gasteiger partial charge in [0.15, 0.2) is 6.10 Å². The van der Waals surface area contributed by atoms with Crippen molar-refractivity contribution >= 4 is 34.5 Å². The van der Waals surface area contributed by atoms with Crippen molar-refractivity contribution in [1.29, 1.82) is 0 Å². The van der Waals surface area contributed by atoms with Crippen molar-refractivity contribution in [2.75, 3.05) is 26.2 Å². The van der Waals surface area contributed by atoms with Crippen LogP contribution in [0.5, 0.6) is 5.75 Å². The summed E-state index contributed by atoms with van der Waals surface area (Å²) < 4.78 is 5.90. The molecule has 0 saturated carbocycles. The van der Waals surface area contributed by atoms with Crippen molar-refractivity contribution in [2.45, 2.75) is 39.2 Å². The molecule has 2 aromatic heterocycles. The number of hydrogen-bond acceptors (Lipinski definition) is 6. The van der Waals surface area contributed by atoms with E-state index in [0.717, 1.165) is 26.9 Å². The van der Waals surface area contributed by atoms with Gasteiger partial charge in [0.2, 0.25) is 5.91 Å². The number of thiophene rings is 1. The average molecular weight is 484 g/mol. The van der Waals surface area contributed by atoms with Crippen molar-refractivity contribution in [3.8, 4) is 15.6 Å². The van der Waals surface area contributed by atoms with Gasteiger partial charge in [-0.2, -0.15) is 0 Å². The van der Waals surface area contributed by atoms with Gasteiger partial charge in [-0.05, 0) is 50.8 Å². The highest BCUT2D eigenvalue weighted by atomic mass is 32.1. The summed E-state index contributed by atoms with van der Waals surface area (Å²) >= 11 is 3.22. The Balaban J connectivity index is 1.35. The summed E-state index contributed by atoms with van der Waals surface area (Å²) in [6.07, 6.45) is -0.574. The molecule has 8 heteroatoms. The van der Waals surface area contributed by atoms with Crippen molar-refractivity contribution in [1.82, 2.24) is 14.8 Å². The van der Waals surface area contributed by atoms with Crippen LogP contribution in [0.15, 0.2) is 47.2 Å². The minimum absolute atomic E-state index is 0.0434. The van der Waals surface area contributed by atoms with Gasteiger partial charge in [-0.1, -0.05) is 24.3 Å². The summed E-state index contributed by atoms with van der Waals surface area (Å²) in [7, 11) is 0. The number of benzene rings is 1. The number of nitrogens with zero attached hydrogens (tertiary/aromatic N) is 3. The van der Waals surface area contributed by atoms with Crippen LogP contribution in [0.3, 0.4) is 0 Å². The summed E-state index contributed by atoms with van der Waals surface area (Å²) in [6, 6.07) is 11.7. The smallest absolute Gasteiger partial charge is 0.263 e. The number of carbonyl (C=O) groups is 2. The maximum atomic E-state index is 13.4. The molecule has 1 atom stereocenters. The molecule has 1 unspecified atom stereocenters. The monoisotopic (exact) mass is 483 g/mol. The molecule has 6 nitrogen and oxygen atoms in total. The van der Waals surface area contributed by atoms with E-state index >= 15 is 0 Å². The highest BCUT2D eigenvalue weighted by Gasteiger charge is 2.38. The molecular formula is C25H29N3O3S2. The summed E-state index contributed by atoms with van der Waals surface area (Å²) in [6.45, 7) is 9.61. The van der Waals surface area contributed by atoms with Crippen LogP contribution in [0, 0.1) is 6.92 Å². The topological polar surface area (TPSA) is 62.7 Å². The van der Waals surface area contributed by atoms with Crippen LogP contribution in [0.1, 0.15) is 32.0 Å². The van der Waals surface area contributed by atoms with Gasteiger partial charge < -0.3 is 14.5 Å². The number of thiazole rings is 1. The molecule has 3 aromatic rings. The van der Waals surface area contributed by atoms with Gasteiger partial charge >= 0.3 is 0 Å². The van der Waals surface area contributed by atoms with Crippen LogP contribution in [-0.4, -0.2) is 58.9 Å². The van der Waals surface area contributed by atoms with Gasteiger partial charge in [-0.15, -0.1) is 22.7 Å². The van der Waals surface area contributed by atoms with E-state index in [2.05, 4.69) is 0 Å². The quantitative estimate of drug-likeness (QED) is 0.514. The van der Waals surface area contributed by atoms with E-state index in [1.54, 1.807) is 34.5 Å². The highest BCUT2D eigenvalue weighted by Crippen LogP contribution is 2.33. The molecule has 4 rings (SSSR count). The molecule has 1 aliphatic rings. The second-order valence-electron chi connectivity index (χ2n) is 8.78. The number of rotatable bonds is 6. The molecule has 33 heavy (non-hydrogen) atoms. The average Bonchev–Trinajstić information content (AvgIpc) is 3.52. The third-order valence-corrected chi connectivity index (χ3v) is 7.92. The Kier molecular flexibility index (Phi) is 6.86. The zero-order valence-electron chi connectivity index (χ0n) is 19.4. The van der Waals surface area contributed by atoms with Gasteiger partial charge in [0.1, 0.15) is 10.8 Å². The van der Waals surface area contributed by atoms with Crippen LogP contribution in [0.25, 0.3) is 9.88 Å². The SMILES string of the molecule is Cc1ccccc1OC(C)C(=O)N1CCN(C(=O)C(C)(C)c2csc(-c3cccs3)n2)CC1. The van der Waals surface area contributed by atoms with Crippen molar-refractivity contribution in [3.05, 3.63) is 58.4 Å². The number of piperazine rings is 1. The summed E-state index contributed by atoms with van der Waals surface area (Å²) in [5, 5.41) is 4.96. The van der Waals surface area contributed by atoms with Crippen molar-refractivity contribution in [2.24, 2.45) is 0 Å². The Morgan fingerprint density at radius 3 is 2.39 bits per heavy atom. The first-order chi connectivity index (χ1) is 15.8. The normalized spacial score (nSPS) is 15.4. The van der Waals surface area contributed by atoms with E-state index in [4.69, 9.17) is 9.72 Å². The Bertz CT molecular complexity index is 1120. The first kappa shape index (κ1) is 23.4. The molecule has 3 heterocycles. The minimum Gasteiger partial charge on any atom is -0.481 e. The van der Waals surface area contributed by atoms with Gasteiger partial charge in [0, 0.05) is 31.6 Å². The lowest BCUT2D eigenvalue weighted by molar-refractivity contribution is -0.145. The number of aromatic nitrogens is 1. The summed E-state index contributed by atoms with van der Waals surface area (Å²) in [5.74, 6) is 0.714. The Labute approximate surface area is 202 Å². The zero-order valence-corrected chi connectivity index (χ0v) is 21.0. The molecule has 0 N–H and O–H groups in total. The first-order valence-corrected chi connectivity index (χ1v) is 12.8. The van der Waals surface area contributed by atoms with E-state index < -0.39 is 11.5 Å². The number of hydrogen-bond donors (Lipinski definition) is 0. The van der Waals surface area contributed by atoms with E-state index in [-0.39, 0.29) is 11.8 Å². The molecular weight excluding hydrogens is 454 g/mol. The van der Waals surface area contributed by atoms with E-state index in [0.29, 0.717) is 26.2 Å². The maximum absolute atomic E-state index is 13.4. The number of aryl methyl sites for hydroxylation is 1. The van der Waals surface area contributed by atoms with Crippen molar-refractivity contribution in [3.63, 3.8) is 0 Å². The van der Waals surface area contributed by atoms with Gasteiger partial charge in [0.25, 0.3) is 5.91 Å². The van der Waals surface area contributed by atoms with Crippen LogP contribution < -0.4 is 4.74 Å². The number of amides is 2. The van der Waals surface area contributed by atoms with Crippen LogP contribution in [0.4, 0.5) is 0 Å². The van der Waals surface area contributed by atoms with Crippen LogP contribution in [-0.2, 0) is 15.0 Å². The molecule has 0 spiro atoms. The number of ether oxygens (including phenoxy) is 1. The fraction of sp³-hybridized carbons (Fsp3) is 0.400. The molecule has 1 fully saturated rings. The lowest BCUT2D eigenvalue weighted by Gasteiger charge is -2.38. The molecule has 1 saturated heterocycles. The Hall–Kier alpha value is -2.71. The lowest BCUT2D eigenvalue weighted by atomic mass is 9.88. The Morgan fingerprint density at radius 2 is 1.73 bits per heavy atom.